The molecule has 24 heavy (non-hydrogen) atoms. The third kappa shape index (κ3) is 3.48. The number of carbonyl (C=O) groups excluding carboxylic acids is 2. The number of carbonyl (C=O) groups is 2. The molecular weight excluding hydrogens is 304 g/mol. The fourth-order valence-corrected chi connectivity index (χ4v) is 3.10. The van der Waals surface area contributed by atoms with E-state index in [9.17, 15) is 9.59 Å². The summed E-state index contributed by atoms with van der Waals surface area (Å²) in [5, 5.41) is 4.46. The lowest BCUT2D eigenvalue weighted by molar-refractivity contribution is -0.133. The van der Waals surface area contributed by atoms with Crippen LogP contribution in [0.5, 0.6) is 0 Å². The number of benzene rings is 1. The van der Waals surface area contributed by atoms with Crippen molar-refractivity contribution < 1.29 is 9.59 Å². The predicted molar refractivity (Wildman–Crippen MR) is 91.7 cm³/mol. The maximum absolute atomic E-state index is 12.5. The maximum atomic E-state index is 12.5. The van der Waals surface area contributed by atoms with Crippen LogP contribution in [-0.4, -0.2) is 39.5 Å². The van der Waals surface area contributed by atoms with Crippen LogP contribution < -0.4 is 5.73 Å². The molecule has 1 aliphatic heterocycles. The van der Waals surface area contributed by atoms with Gasteiger partial charge in [0.05, 0.1) is 29.7 Å². The molecule has 3 rings (SSSR count). The summed E-state index contributed by atoms with van der Waals surface area (Å²) >= 11 is 0. The van der Waals surface area contributed by atoms with Crippen LogP contribution >= 0.6 is 0 Å². The molecule has 6 nitrogen and oxygen atoms in total. The second-order valence-corrected chi connectivity index (χ2v) is 6.23. The Bertz CT molecular complexity index is 731. The number of nitrogens with two attached hydrogens (primary N) is 1. The molecule has 0 unspecified atom stereocenters. The van der Waals surface area contributed by atoms with Crippen LogP contribution in [0.3, 0.4) is 0 Å². The highest BCUT2D eigenvalue weighted by Crippen LogP contribution is 2.22. The number of ketones is 1. The van der Waals surface area contributed by atoms with Crippen LogP contribution in [0.4, 0.5) is 5.69 Å². The van der Waals surface area contributed by atoms with Gasteiger partial charge in [-0.05, 0) is 25.0 Å². The van der Waals surface area contributed by atoms with Gasteiger partial charge in [0.15, 0.2) is 0 Å². The van der Waals surface area contributed by atoms with Crippen molar-refractivity contribution in [2.24, 2.45) is 5.92 Å². The summed E-state index contributed by atoms with van der Waals surface area (Å²) in [5.74, 6) is 0.219. The summed E-state index contributed by atoms with van der Waals surface area (Å²) in [5.41, 5.74) is 8.10. The SMILES string of the molecule is CC(=O)N1CCC(C(=O)Cc2nn(-c3ccccc3)cc2N)CC1. The molecule has 1 aromatic carbocycles. The van der Waals surface area contributed by atoms with Crippen LogP contribution in [0.25, 0.3) is 5.69 Å². The van der Waals surface area contributed by atoms with Gasteiger partial charge in [0, 0.05) is 25.9 Å². The van der Waals surface area contributed by atoms with Gasteiger partial charge in [-0.15, -0.1) is 0 Å². The molecule has 2 N–H and O–H groups in total. The van der Waals surface area contributed by atoms with E-state index in [-0.39, 0.29) is 24.0 Å². The van der Waals surface area contributed by atoms with Gasteiger partial charge in [-0.3, -0.25) is 9.59 Å². The minimum Gasteiger partial charge on any atom is -0.396 e. The van der Waals surface area contributed by atoms with Crippen molar-refractivity contribution in [1.29, 1.82) is 0 Å². The molecule has 0 spiro atoms. The number of amides is 1. The van der Waals surface area contributed by atoms with Crippen molar-refractivity contribution in [3.05, 3.63) is 42.2 Å². The lowest BCUT2D eigenvalue weighted by atomic mass is 9.90. The van der Waals surface area contributed by atoms with E-state index in [2.05, 4.69) is 5.10 Å². The minimum atomic E-state index is -0.0122. The summed E-state index contributed by atoms with van der Waals surface area (Å²) in [7, 11) is 0. The van der Waals surface area contributed by atoms with Crippen LogP contribution in [0.1, 0.15) is 25.5 Å². The molecule has 1 saturated heterocycles. The molecule has 1 fully saturated rings. The number of para-hydroxylation sites is 1. The van der Waals surface area contributed by atoms with Gasteiger partial charge in [0.2, 0.25) is 5.91 Å². The van der Waals surface area contributed by atoms with Crippen LogP contribution in [0.2, 0.25) is 0 Å². The molecule has 2 aromatic rings. The van der Waals surface area contributed by atoms with Gasteiger partial charge in [0.25, 0.3) is 0 Å². The Labute approximate surface area is 141 Å². The van der Waals surface area contributed by atoms with Crippen LogP contribution in [-0.2, 0) is 16.0 Å². The molecule has 0 atom stereocenters. The molecule has 1 aliphatic rings. The molecule has 126 valence electrons. The van der Waals surface area contributed by atoms with E-state index in [1.54, 1.807) is 22.7 Å². The summed E-state index contributed by atoms with van der Waals surface area (Å²) < 4.78 is 1.70. The van der Waals surface area contributed by atoms with Gasteiger partial charge >= 0.3 is 0 Å². The molecule has 0 radical (unpaired) electrons. The fourth-order valence-electron chi connectivity index (χ4n) is 3.10. The van der Waals surface area contributed by atoms with Crippen molar-refractivity contribution in [2.75, 3.05) is 18.8 Å². The molecule has 1 amide bonds. The molecular formula is C18H22N4O2. The average molecular weight is 326 g/mol. The number of hydrogen-bond donors (Lipinski definition) is 1. The number of aromatic nitrogens is 2. The van der Waals surface area contributed by atoms with Crippen molar-refractivity contribution >= 4 is 17.4 Å². The second-order valence-electron chi connectivity index (χ2n) is 6.23. The first-order chi connectivity index (χ1) is 11.5. The largest absolute Gasteiger partial charge is 0.396 e. The average Bonchev–Trinajstić information content (AvgIpc) is 2.96. The van der Waals surface area contributed by atoms with Crippen LogP contribution in [0, 0.1) is 5.92 Å². The smallest absolute Gasteiger partial charge is 0.219 e. The number of anilines is 1. The lowest BCUT2D eigenvalue weighted by Gasteiger charge is -2.30. The Kier molecular flexibility index (Phi) is 4.64. The van der Waals surface area contributed by atoms with E-state index in [0.717, 1.165) is 18.5 Å². The Morgan fingerprint density at radius 1 is 1.21 bits per heavy atom. The van der Waals surface area contributed by atoms with Gasteiger partial charge in [0.1, 0.15) is 5.78 Å². The Balaban J connectivity index is 1.65. The second kappa shape index (κ2) is 6.86. The topological polar surface area (TPSA) is 81.2 Å². The number of nitrogen functional groups attached to an aromatic ring is 1. The molecule has 0 bridgehead atoms. The number of nitrogens with zero attached hydrogens (tertiary/aromatic N) is 3. The van der Waals surface area contributed by atoms with E-state index in [4.69, 9.17) is 5.73 Å². The number of Topliss-reactive ketones (excluding diaryl/α,β-unsaturated/α-hetero) is 1. The summed E-state index contributed by atoms with van der Waals surface area (Å²) in [6, 6.07) is 9.68. The number of hydrogen-bond acceptors (Lipinski definition) is 4. The first kappa shape index (κ1) is 16.2. The van der Waals surface area contributed by atoms with Crippen molar-refractivity contribution in [1.82, 2.24) is 14.7 Å². The van der Waals surface area contributed by atoms with Crippen molar-refractivity contribution in [3.63, 3.8) is 0 Å². The standard InChI is InChI=1S/C18H22N4O2/c1-13(23)21-9-7-14(8-10-21)18(24)11-17-16(19)12-22(20-17)15-5-3-2-4-6-15/h2-6,12,14H,7-11,19H2,1H3. The minimum absolute atomic E-state index is 0.0122. The fraction of sp³-hybridized carbons (Fsp3) is 0.389. The summed E-state index contributed by atoms with van der Waals surface area (Å²) in [6.45, 7) is 2.87. The summed E-state index contributed by atoms with van der Waals surface area (Å²) in [6.07, 6.45) is 3.43. The van der Waals surface area contributed by atoms with Gasteiger partial charge < -0.3 is 10.6 Å². The number of rotatable bonds is 4. The van der Waals surface area contributed by atoms with E-state index >= 15 is 0 Å². The molecule has 2 heterocycles. The van der Waals surface area contributed by atoms with E-state index in [1.807, 2.05) is 30.3 Å². The number of likely N-dealkylation sites (tertiary alicyclic amines) is 1. The number of piperidine rings is 1. The Hall–Kier alpha value is -2.63. The van der Waals surface area contributed by atoms with Crippen molar-refractivity contribution in [2.45, 2.75) is 26.2 Å². The predicted octanol–water partition coefficient (Wildman–Crippen LogP) is 1.82. The van der Waals surface area contributed by atoms with E-state index < -0.39 is 0 Å². The zero-order valence-electron chi connectivity index (χ0n) is 13.8. The highest BCUT2D eigenvalue weighted by Gasteiger charge is 2.26. The Morgan fingerprint density at radius 2 is 1.88 bits per heavy atom. The summed E-state index contributed by atoms with van der Waals surface area (Å²) in [4.78, 5) is 25.7. The molecule has 6 heteroatoms. The van der Waals surface area contributed by atoms with Gasteiger partial charge in [-0.25, -0.2) is 4.68 Å². The van der Waals surface area contributed by atoms with E-state index in [0.29, 0.717) is 24.5 Å². The lowest BCUT2D eigenvalue weighted by Crippen LogP contribution is -2.39. The first-order valence-corrected chi connectivity index (χ1v) is 8.22. The van der Waals surface area contributed by atoms with Crippen LogP contribution in [0.15, 0.2) is 36.5 Å². The normalized spacial score (nSPS) is 15.5. The zero-order chi connectivity index (χ0) is 17.1. The molecule has 1 aromatic heterocycles. The zero-order valence-corrected chi connectivity index (χ0v) is 13.8. The van der Waals surface area contributed by atoms with Gasteiger partial charge in [-0.2, -0.15) is 5.10 Å². The van der Waals surface area contributed by atoms with Crippen molar-refractivity contribution in [3.8, 4) is 5.69 Å². The highest BCUT2D eigenvalue weighted by molar-refractivity contribution is 5.84. The maximum Gasteiger partial charge on any atom is 0.219 e. The third-order valence-electron chi connectivity index (χ3n) is 4.58. The third-order valence-corrected chi connectivity index (χ3v) is 4.58. The molecule has 0 saturated carbocycles. The first-order valence-electron chi connectivity index (χ1n) is 8.22. The highest BCUT2D eigenvalue weighted by atomic mass is 16.2. The molecule has 0 aliphatic carbocycles. The monoisotopic (exact) mass is 326 g/mol. The Morgan fingerprint density at radius 3 is 2.50 bits per heavy atom. The quantitative estimate of drug-likeness (QED) is 0.929. The van der Waals surface area contributed by atoms with Gasteiger partial charge in [-0.1, -0.05) is 18.2 Å². The van der Waals surface area contributed by atoms with E-state index in [1.165, 1.54) is 0 Å².